The van der Waals surface area contributed by atoms with Crippen molar-refractivity contribution in [1.29, 1.82) is 0 Å². The van der Waals surface area contributed by atoms with E-state index in [1.54, 1.807) is 24.1 Å². The maximum Gasteiger partial charge on any atom is 0.246 e. The van der Waals surface area contributed by atoms with Crippen LogP contribution in [0.4, 0.5) is 5.69 Å². The van der Waals surface area contributed by atoms with E-state index in [0.29, 0.717) is 11.4 Å². The van der Waals surface area contributed by atoms with Crippen LogP contribution in [0.5, 0.6) is 5.75 Å². The lowest BCUT2D eigenvalue weighted by molar-refractivity contribution is -0.142. The summed E-state index contributed by atoms with van der Waals surface area (Å²) < 4.78 is 12.6. The molecule has 39 heavy (non-hydrogen) atoms. The standard InChI is InChI=1S/C30H32BrN3O5/c1-38-22-13-7-18(8-14-22)17-34-26(28(36)33-20-5-3-2-4-6-20)30-16-15-23(39-30)24(25(30)29(34)37)27(35)32-21-11-9-19(31)10-12-21/h7-16,20,23-26H,2-6,17H2,1H3,(H,32,35)(H,33,36)/t23-,24+,25-,26-,30+/m1/s1. The van der Waals surface area contributed by atoms with Gasteiger partial charge in [-0.15, -0.1) is 0 Å². The lowest BCUT2D eigenvalue weighted by Crippen LogP contribution is -2.56. The van der Waals surface area contributed by atoms with Crippen molar-refractivity contribution in [3.8, 4) is 5.75 Å². The Morgan fingerprint density at radius 3 is 2.46 bits per heavy atom. The summed E-state index contributed by atoms with van der Waals surface area (Å²) in [5, 5.41) is 6.18. The highest BCUT2D eigenvalue weighted by molar-refractivity contribution is 9.10. The highest BCUT2D eigenvalue weighted by atomic mass is 79.9. The number of rotatable bonds is 7. The molecule has 2 aromatic carbocycles. The number of hydrogen-bond donors (Lipinski definition) is 2. The van der Waals surface area contributed by atoms with Crippen molar-refractivity contribution in [1.82, 2.24) is 10.2 Å². The molecule has 5 atom stereocenters. The van der Waals surface area contributed by atoms with Crippen LogP contribution >= 0.6 is 15.9 Å². The van der Waals surface area contributed by atoms with E-state index in [9.17, 15) is 14.4 Å². The molecule has 2 saturated heterocycles. The summed E-state index contributed by atoms with van der Waals surface area (Å²) in [6, 6.07) is 14.0. The molecule has 3 aliphatic heterocycles. The van der Waals surface area contributed by atoms with E-state index in [1.807, 2.05) is 48.6 Å². The number of fused-ring (bicyclic) bond motifs is 1. The number of benzene rings is 2. The molecule has 3 heterocycles. The summed E-state index contributed by atoms with van der Waals surface area (Å²) in [5.41, 5.74) is 0.316. The van der Waals surface area contributed by atoms with Crippen LogP contribution in [0.1, 0.15) is 37.7 Å². The second-order valence-electron chi connectivity index (χ2n) is 10.9. The van der Waals surface area contributed by atoms with Crippen LogP contribution in [-0.4, -0.2) is 53.5 Å². The number of halogens is 1. The number of carbonyl (C=O) groups excluding carboxylic acids is 3. The number of nitrogens with zero attached hydrogens (tertiary/aromatic N) is 1. The Morgan fingerprint density at radius 1 is 1.05 bits per heavy atom. The molecular weight excluding hydrogens is 562 g/mol. The average Bonchev–Trinajstić information content (AvgIpc) is 3.58. The van der Waals surface area contributed by atoms with Gasteiger partial charge in [-0.1, -0.05) is 59.5 Å². The highest BCUT2D eigenvalue weighted by Crippen LogP contribution is 2.55. The first-order valence-corrected chi connectivity index (χ1v) is 14.4. The van der Waals surface area contributed by atoms with E-state index < -0.39 is 29.6 Å². The van der Waals surface area contributed by atoms with Crippen LogP contribution in [0, 0.1) is 11.8 Å². The van der Waals surface area contributed by atoms with Gasteiger partial charge in [-0.25, -0.2) is 0 Å². The van der Waals surface area contributed by atoms with Crippen LogP contribution in [0.25, 0.3) is 0 Å². The zero-order valence-corrected chi connectivity index (χ0v) is 23.4. The SMILES string of the molecule is COc1ccc(CN2C(=O)[C@H]3[C@@H](C(=O)Nc4ccc(Br)cc4)[C@H]4C=C[C@@]3(O4)[C@H]2C(=O)NC2CCCCC2)cc1. The molecule has 6 rings (SSSR count). The van der Waals surface area contributed by atoms with Crippen molar-refractivity contribution in [3.05, 3.63) is 70.7 Å². The summed E-state index contributed by atoms with van der Waals surface area (Å²) in [6.07, 6.45) is 8.31. The molecular formula is C30H32BrN3O5. The summed E-state index contributed by atoms with van der Waals surface area (Å²) in [6.45, 7) is 0.229. The minimum atomic E-state index is -1.19. The Bertz CT molecular complexity index is 1290. The molecule has 0 aromatic heterocycles. The Labute approximate surface area is 236 Å². The van der Waals surface area contributed by atoms with Gasteiger partial charge in [0.05, 0.1) is 25.0 Å². The predicted molar refractivity (Wildman–Crippen MR) is 149 cm³/mol. The van der Waals surface area contributed by atoms with Gasteiger partial charge in [0.25, 0.3) is 0 Å². The topological polar surface area (TPSA) is 97.0 Å². The van der Waals surface area contributed by atoms with E-state index in [0.717, 1.165) is 35.7 Å². The van der Waals surface area contributed by atoms with E-state index in [2.05, 4.69) is 26.6 Å². The molecule has 1 aliphatic carbocycles. The molecule has 2 N–H and O–H groups in total. The first-order chi connectivity index (χ1) is 18.9. The fraction of sp³-hybridized carbons (Fsp3) is 0.433. The molecule has 1 saturated carbocycles. The van der Waals surface area contributed by atoms with Gasteiger partial charge in [-0.05, 0) is 54.8 Å². The summed E-state index contributed by atoms with van der Waals surface area (Å²) in [5.74, 6) is -1.56. The summed E-state index contributed by atoms with van der Waals surface area (Å²) >= 11 is 3.41. The Balaban J connectivity index is 1.31. The second kappa shape index (κ2) is 10.4. The van der Waals surface area contributed by atoms with Crippen molar-refractivity contribution in [2.24, 2.45) is 11.8 Å². The Morgan fingerprint density at radius 2 is 1.77 bits per heavy atom. The quantitative estimate of drug-likeness (QED) is 0.469. The molecule has 3 amide bonds. The minimum absolute atomic E-state index is 0.0821. The molecule has 9 heteroatoms. The van der Waals surface area contributed by atoms with Crippen LogP contribution in [0.2, 0.25) is 0 Å². The molecule has 8 nitrogen and oxygen atoms in total. The van der Waals surface area contributed by atoms with Gasteiger partial charge in [0, 0.05) is 22.7 Å². The van der Waals surface area contributed by atoms with Gasteiger partial charge in [-0.3, -0.25) is 14.4 Å². The van der Waals surface area contributed by atoms with Crippen LogP contribution < -0.4 is 15.4 Å². The van der Waals surface area contributed by atoms with Crippen LogP contribution in [0.15, 0.2) is 65.2 Å². The van der Waals surface area contributed by atoms with E-state index >= 15 is 0 Å². The number of nitrogens with one attached hydrogen (secondary N) is 2. The average molecular weight is 595 g/mol. The van der Waals surface area contributed by atoms with Gasteiger partial charge in [-0.2, -0.15) is 0 Å². The molecule has 204 valence electrons. The third-order valence-electron chi connectivity index (χ3n) is 8.50. The number of carbonyl (C=O) groups is 3. The molecule has 0 unspecified atom stereocenters. The van der Waals surface area contributed by atoms with E-state index in [-0.39, 0.29) is 30.3 Å². The summed E-state index contributed by atoms with van der Waals surface area (Å²) in [7, 11) is 1.60. The molecule has 4 aliphatic rings. The van der Waals surface area contributed by atoms with Crippen LogP contribution in [0.3, 0.4) is 0 Å². The van der Waals surface area contributed by atoms with Gasteiger partial charge >= 0.3 is 0 Å². The van der Waals surface area contributed by atoms with Gasteiger partial charge in [0.15, 0.2) is 0 Å². The summed E-state index contributed by atoms with van der Waals surface area (Å²) in [4.78, 5) is 43.3. The zero-order valence-electron chi connectivity index (χ0n) is 21.8. The largest absolute Gasteiger partial charge is 0.497 e. The number of amides is 3. The van der Waals surface area contributed by atoms with Crippen molar-refractivity contribution >= 4 is 39.3 Å². The Hall–Kier alpha value is -3.17. The first-order valence-electron chi connectivity index (χ1n) is 13.6. The molecule has 2 bridgehead atoms. The van der Waals surface area contributed by atoms with E-state index in [4.69, 9.17) is 9.47 Å². The number of ether oxygens (including phenoxy) is 2. The molecule has 3 fully saturated rings. The lowest BCUT2D eigenvalue weighted by Gasteiger charge is -2.34. The third-order valence-corrected chi connectivity index (χ3v) is 9.03. The molecule has 0 radical (unpaired) electrons. The van der Waals surface area contributed by atoms with Crippen molar-refractivity contribution in [2.45, 2.75) is 62.4 Å². The Kier molecular flexibility index (Phi) is 6.97. The second-order valence-corrected chi connectivity index (χ2v) is 11.8. The first kappa shape index (κ1) is 26.1. The third kappa shape index (κ3) is 4.65. The van der Waals surface area contributed by atoms with Crippen LogP contribution in [-0.2, 0) is 25.7 Å². The maximum absolute atomic E-state index is 14.1. The predicted octanol–water partition coefficient (Wildman–Crippen LogP) is 4.20. The van der Waals surface area contributed by atoms with E-state index in [1.165, 1.54) is 6.42 Å². The minimum Gasteiger partial charge on any atom is -0.497 e. The van der Waals surface area contributed by atoms with Gasteiger partial charge < -0.3 is 25.0 Å². The highest BCUT2D eigenvalue weighted by Gasteiger charge is 2.72. The van der Waals surface area contributed by atoms with Gasteiger partial charge in [0.2, 0.25) is 17.7 Å². The zero-order chi connectivity index (χ0) is 27.1. The number of methoxy groups -OCH3 is 1. The smallest absolute Gasteiger partial charge is 0.246 e. The number of hydrogen-bond acceptors (Lipinski definition) is 5. The molecule has 2 aromatic rings. The van der Waals surface area contributed by atoms with Crippen molar-refractivity contribution in [2.75, 3.05) is 12.4 Å². The maximum atomic E-state index is 14.1. The normalized spacial score (nSPS) is 29.4. The molecule has 1 spiro atoms. The lowest BCUT2D eigenvalue weighted by atomic mass is 9.74. The monoisotopic (exact) mass is 593 g/mol. The fourth-order valence-electron chi connectivity index (χ4n) is 6.65. The number of likely N-dealkylation sites (tertiary alicyclic amines) is 1. The number of anilines is 1. The fourth-order valence-corrected chi connectivity index (χ4v) is 6.92. The van der Waals surface area contributed by atoms with Gasteiger partial charge in [0.1, 0.15) is 17.4 Å². The van der Waals surface area contributed by atoms with Crippen molar-refractivity contribution < 1.29 is 23.9 Å². The van der Waals surface area contributed by atoms with Crippen molar-refractivity contribution in [3.63, 3.8) is 0 Å².